The summed E-state index contributed by atoms with van der Waals surface area (Å²) in [6.45, 7) is 3.70. The summed E-state index contributed by atoms with van der Waals surface area (Å²) >= 11 is 0. The molecule has 3 unspecified atom stereocenters. The van der Waals surface area contributed by atoms with E-state index in [9.17, 15) is 14.4 Å². The second kappa shape index (κ2) is 6.97. The van der Waals surface area contributed by atoms with Gasteiger partial charge in [-0.1, -0.05) is 30.3 Å². The number of carbonyl (C=O) groups excluding carboxylic acids is 3. The summed E-state index contributed by atoms with van der Waals surface area (Å²) in [5.74, 6) is 0.744. The van der Waals surface area contributed by atoms with Gasteiger partial charge in [0.05, 0.1) is 18.6 Å². The van der Waals surface area contributed by atoms with Gasteiger partial charge in [0.1, 0.15) is 12.1 Å². The van der Waals surface area contributed by atoms with Crippen LogP contribution in [0.5, 0.6) is 0 Å². The van der Waals surface area contributed by atoms with E-state index >= 15 is 0 Å². The second-order valence-electron chi connectivity index (χ2n) is 10.3. The third-order valence-electron chi connectivity index (χ3n) is 7.98. The Labute approximate surface area is 182 Å². The van der Waals surface area contributed by atoms with Gasteiger partial charge in [-0.05, 0) is 69.3 Å². The van der Waals surface area contributed by atoms with Crippen LogP contribution in [0.15, 0.2) is 30.3 Å². The molecule has 0 radical (unpaired) electrons. The van der Waals surface area contributed by atoms with Crippen LogP contribution in [-0.2, 0) is 25.7 Å². The monoisotopic (exact) mass is 426 g/mol. The average molecular weight is 427 g/mol. The van der Waals surface area contributed by atoms with Crippen LogP contribution in [0.25, 0.3) is 0 Å². The molecule has 31 heavy (non-hydrogen) atoms. The number of esters is 1. The Morgan fingerprint density at radius 2 is 1.71 bits per heavy atom. The zero-order chi connectivity index (χ0) is 22.0. The van der Waals surface area contributed by atoms with Crippen LogP contribution in [0.3, 0.4) is 0 Å². The number of nitrogens with zero attached hydrogens (tertiary/aromatic N) is 2. The highest BCUT2D eigenvalue weighted by Gasteiger charge is 2.66. The third kappa shape index (κ3) is 2.96. The Bertz CT molecular complexity index is 898. The van der Waals surface area contributed by atoms with Crippen molar-refractivity contribution in [2.75, 3.05) is 7.11 Å². The Hall–Kier alpha value is -2.57. The maximum absolute atomic E-state index is 13.2. The normalized spacial score (nSPS) is 35.0. The Balaban J connectivity index is 1.36. The van der Waals surface area contributed by atoms with Crippen LogP contribution in [0.4, 0.5) is 4.79 Å². The quantitative estimate of drug-likeness (QED) is 0.689. The molecule has 5 aliphatic rings. The lowest BCUT2D eigenvalue weighted by molar-refractivity contribution is -0.242. The fourth-order valence-corrected chi connectivity index (χ4v) is 6.92. The summed E-state index contributed by atoms with van der Waals surface area (Å²) in [5, 5.41) is 3.17. The lowest BCUT2D eigenvalue weighted by atomic mass is 9.47. The number of rotatable bonds is 4. The predicted octanol–water partition coefficient (Wildman–Crippen LogP) is 3.53. The summed E-state index contributed by atoms with van der Waals surface area (Å²) in [6, 6.07) is 9.47. The van der Waals surface area contributed by atoms with E-state index in [4.69, 9.17) is 9.47 Å². The van der Waals surface area contributed by atoms with Gasteiger partial charge in [0.2, 0.25) is 0 Å². The molecule has 6 rings (SSSR count). The van der Waals surface area contributed by atoms with Crippen LogP contribution in [0.2, 0.25) is 0 Å². The van der Waals surface area contributed by atoms with Crippen molar-refractivity contribution in [1.29, 1.82) is 0 Å². The van der Waals surface area contributed by atoms with Gasteiger partial charge < -0.3 is 9.47 Å². The first-order valence-corrected chi connectivity index (χ1v) is 11.2. The molecular formula is C24H30N2O5. The molecule has 4 saturated carbocycles. The SMILES string of the molecule is COC(=O)C12CC3C[C@H](C1)C(N1C(=O)C(C)(C)N1C(=O)OCc1ccccc1)[C@@H](C3)C2. The van der Waals surface area contributed by atoms with Gasteiger partial charge in [0.15, 0.2) is 0 Å². The van der Waals surface area contributed by atoms with Gasteiger partial charge in [0, 0.05) is 0 Å². The van der Waals surface area contributed by atoms with Crippen LogP contribution < -0.4 is 0 Å². The molecule has 0 aromatic heterocycles. The number of hydrogen-bond donors (Lipinski definition) is 0. The minimum Gasteiger partial charge on any atom is -0.469 e. The zero-order valence-electron chi connectivity index (χ0n) is 18.4. The van der Waals surface area contributed by atoms with E-state index in [0.29, 0.717) is 5.92 Å². The van der Waals surface area contributed by atoms with E-state index in [1.54, 1.807) is 18.9 Å². The van der Waals surface area contributed by atoms with Crippen LogP contribution in [0, 0.1) is 23.2 Å². The van der Waals surface area contributed by atoms with Gasteiger partial charge in [-0.3, -0.25) is 9.59 Å². The molecule has 5 fully saturated rings. The van der Waals surface area contributed by atoms with Crippen molar-refractivity contribution >= 4 is 18.0 Å². The Kier molecular flexibility index (Phi) is 4.57. The first-order valence-electron chi connectivity index (χ1n) is 11.2. The molecule has 166 valence electrons. The largest absolute Gasteiger partial charge is 0.469 e. The number of ether oxygens (including phenoxy) is 2. The van der Waals surface area contributed by atoms with Crippen LogP contribution >= 0.6 is 0 Å². The third-order valence-corrected chi connectivity index (χ3v) is 7.98. The van der Waals surface area contributed by atoms with Gasteiger partial charge in [-0.25, -0.2) is 14.8 Å². The minimum atomic E-state index is -0.928. The van der Waals surface area contributed by atoms with E-state index in [-0.39, 0.29) is 36.4 Å². The van der Waals surface area contributed by atoms with Crippen LogP contribution in [0.1, 0.15) is 51.5 Å². The van der Waals surface area contributed by atoms with Crippen LogP contribution in [-0.4, -0.2) is 46.7 Å². The fourth-order valence-electron chi connectivity index (χ4n) is 6.92. The standard InChI is InChI=1S/C24H30N2O5/c1-23(2)20(27)25(26(23)22(29)31-14-15-7-5-4-6-8-15)19-17-9-16-10-18(19)13-24(11-16,12-17)21(28)30-3/h4-8,16-19H,9-14H2,1-3H3/t16?,17-,18+,19?,24?. The maximum Gasteiger partial charge on any atom is 0.430 e. The van der Waals surface area contributed by atoms with Gasteiger partial charge in [-0.2, -0.15) is 0 Å². The van der Waals surface area contributed by atoms with E-state index in [1.807, 2.05) is 30.3 Å². The molecule has 1 aromatic rings. The molecule has 0 spiro atoms. The highest BCUT2D eigenvalue weighted by atomic mass is 16.6. The van der Waals surface area contributed by atoms with E-state index < -0.39 is 17.0 Å². The number of hydrazine groups is 1. The highest BCUT2D eigenvalue weighted by molar-refractivity contribution is 5.96. The average Bonchev–Trinajstić information content (AvgIpc) is 2.75. The first-order chi connectivity index (χ1) is 14.8. The first kappa shape index (κ1) is 20.3. The number of methoxy groups -OCH3 is 1. The molecule has 5 atom stereocenters. The van der Waals surface area contributed by atoms with Crippen molar-refractivity contribution in [1.82, 2.24) is 10.0 Å². The molecule has 1 aliphatic heterocycles. The zero-order valence-corrected chi connectivity index (χ0v) is 18.4. The summed E-state index contributed by atoms with van der Waals surface area (Å²) in [4.78, 5) is 38.8. The maximum atomic E-state index is 13.2. The summed E-state index contributed by atoms with van der Waals surface area (Å²) < 4.78 is 10.7. The molecule has 7 nitrogen and oxygen atoms in total. The van der Waals surface area contributed by atoms with E-state index in [1.165, 1.54) is 12.1 Å². The molecule has 2 amide bonds. The van der Waals surface area contributed by atoms with Gasteiger partial charge >= 0.3 is 12.1 Å². The summed E-state index contributed by atoms with van der Waals surface area (Å²) in [7, 11) is 1.46. The smallest absolute Gasteiger partial charge is 0.430 e. The number of amides is 2. The molecule has 4 aliphatic carbocycles. The van der Waals surface area contributed by atoms with Crippen molar-refractivity contribution < 1.29 is 23.9 Å². The minimum absolute atomic E-state index is 0.0475. The Morgan fingerprint density at radius 3 is 2.32 bits per heavy atom. The van der Waals surface area contributed by atoms with Crippen molar-refractivity contribution in [2.45, 2.75) is 64.1 Å². The second-order valence-corrected chi connectivity index (χ2v) is 10.3. The van der Waals surface area contributed by atoms with E-state index in [2.05, 4.69) is 0 Å². The van der Waals surface area contributed by atoms with Crippen molar-refractivity contribution in [2.24, 2.45) is 23.2 Å². The van der Waals surface area contributed by atoms with Crippen molar-refractivity contribution in [3.05, 3.63) is 35.9 Å². The number of benzene rings is 1. The fraction of sp³-hybridized carbons (Fsp3) is 0.625. The molecule has 1 saturated heterocycles. The van der Waals surface area contributed by atoms with Gasteiger partial charge in [-0.15, -0.1) is 0 Å². The molecule has 1 heterocycles. The molecule has 7 heteroatoms. The lowest BCUT2D eigenvalue weighted by Gasteiger charge is -2.65. The molecular weight excluding hydrogens is 396 g/mol. The number of carbonyl (C=O) groups is 3. The topological polar surface area (TPSA) is 76.2 Å². The highest BCUT2D eigenvalue weighted by Crippen LogP contribution is 2.62. The molecule has 0 N–H and O–H groups in total. The molecule has 1 aromatic carbocycles. The van der Waals surface area contributed by atoms with Gasteiger partial charge in [0.25, 0.3) is 5.91 Å². The van der Waals surface area contributed by atoms with Crippen molar-refractivity contribution in [3.8, 4) is 0 Å². The predicted molar refractivity (Wildman–Crippen MR) is 111 cm³/mol. The summed E-state index contributed by atoms with van der Waals surface area (Å²) in [5.41, 5.74) is -0.437. The molecule has 4 bridgehead atoms. The van der Waals surface area contributed by atoms with Crippen molar-refractivity contribution in [3.63, 3.8) is 0 Å². The lowest BCUT2D eigenvalue weighted by Crippen LogP contribution is -2.81. The van der Waals surface area contributed by atoms with E-state index in [0.717, 1.165) is 37.7 Å². The summed E-state index contributed by atoms with van der Waals surface area (Å²) in [6.07, 6.45) is 3.85. The Morgan fingerprint density at radius 1 is 1.06 bits per heavy atom. The number of hydrogen-bond acceptors (Lipinski definition) is 5.